The number of aliphatic hydroxyl groups is 1. The molecular weight excluding hydrogens is 205 g/mol. The van der Waals surface area contributed by atoms with E-state index in [9.17, 15) is 13.2 Å². The quantitative estimate of drug-likeness (QED) is 0.800. The number of hydrogen-bond donors (Lipinski definition) is 1. The number of aliphatic hydroxyl groups excluding tert-OH is 1. The van der Waals surface area contributed by atoms with Crippen LogP contribution in [0.25, 0.3) is 0 Å². The first-order valence-corrected chi connectivity index (χ1v) is 4.54. The SMILES string of the molecule is CC(C)c1cc([CH]O)cc(C(F)(F)F)c1. The normalized spacial score (nSPS) is 12.2. The highest BCUT2D eigenvalue weighted by atomic mass is 19.4. The first-order chi connectivity index (χ1) is 6.84. The monoisotopic (exact) mass is 217 g/mol. The lowest BCUT2D eigenvalue weighted by Crippen LogP contribution is -2.07. The van der Waals surface area contributed by atoms with Gasteiger partial charge in [-0.15, -0.1) is 0 Å². The number of rotatable bonds is 2. The topological polar surface area (TPSA) is 20.2 Å². The highest BCUT2D eigenvalue weighted by Gasteiger charge is 2.31. The molecule has 0 aromatic heterocycles. The lowest BCUT2D eigenvalue weighted by Gasteiger charge is -2.13. The van der Waals surface area contributed by atoms with Gasteiger partial charge in [-0.25, -0.2) is 0 Å². The molecule has 0 unspecified atom stereocenters. The maximum atomic E-state index is 12.5. The molecule has 1 aromatic rings. The van der Waals surface area contributed by atoms with Gasteiger partial charge in [0.15, 0.2) is 0 Å². The first-order valence-electron chi connectivity index (χ1n) is 4.54. The maximum absolute atomic E-state index is 12.5. The molecule has 0 fully saturated rings. The van der Waals surface area contributed by atoms with E-state index in [1.807, 2.05) is 0 Å². The van der Waals surface area contributed by atoms with Crippen LogP contribution in [0.4, 0.5) is 13.2 Å². The Labute approximate surface area is 86.5 Å². The predicted octanol–water partition coefficient (Wildman–Crippen LogP) is 3.71. The van der Waals surface area contributed by atoms with Crippen LogP contribution in [0.2, 0.25) is 0 Å². The Bertz CT molecular complexity index is 342. The van der Waals surface area contributed by atoms with Crippen molar-refractivity contribution in [1.82, 2.24) is 0 Å². The molecule has 0 saturated carbocycles. The zero-order chi connectivity index (χ0) is 11.6. The Morgan fingerprint density at radius 1 is 1.20 bits per heavy atom. The molecule has 4 heteroatoms. The van der Waals surface area contributed by atoms with Crippen LogP contribution < -0.4 is 0 Å². The second-order valence-electron chi connectivity index (χ2n) is 3.67. The van der Waals surface area contributed by atoms with E-state index in [0.29, 0.717) is 12.2 Å². The largest absolute Gasteiger partial charge is 0.416 e. The summed E-state index contributed by atoms with van der Waals surface area (Å²) in [6.07, 6.45) is -4.37. The summed E-state index contributed by atoms with van der Waals surface area (Å²) in [6, 6.07) is 3.57. The van der Waals surface area contributed by atoms with E-state index in [1.165, 1.54) is 0 Å². The van der Waals surface area contributed by atoms with Crippen molar-refractivity contribution in [2.75, 3.05) is 0 Å². The predicted molar refractivity (Wildman–Crippen MR) is 50.9 cm³/mol. The minimum absolute atomic E-state index is 0.00833. The van der Waals surface area contributed by atoms with Crippen molar-refractivity contribution in [3.63, 3.8) is 0 Å². The summed E-state index contributed by atoms with van der Waals surface area (Å²) in [5.41, 5.74) is 0.00708. The molecular formula is C11H12F3O. The van der Waals surface area contributed by atoms with Crippen LogP contribution in [0.15, 0.2) is 18.2 Å². The molecule has 0 aliphatic heterocycles. The van der Waals surface area contributed by atoms with Gasteiger partial charge in [0.1, 0.15) is 6.61 Å². The number of alkyl halides is 3. The Kier molecular flexibility index (Phi) is 3.39. The van der Waals surface area contributed by atoms with Crippen LogP contribution in [0.3, 0.4) is 0 Å². The number of halogens is 3. The molecule has 1 rings (SSSR count). The fourth-order valence-electron chi connectivity index (χ4n) is 1.25. The van der Waals surface area contributed by atoms with Crippen molar-refractivity contribution >= 4 is 0 Å². The lowest BCUT2D eigenvalue weighted by molar-refractivity contribution is -0.137. The Hall–Kier alpha value is -1.03. The summed E-state index contributed by atoms with van der Waals surface area (Å²) in [6.45, 7) is 4.29. The molecule has 1 N–H and O–H groups in total. The fourth-order valence-corrected chi connectivity index (χ4v) is 1.25. The summed E-state index contributed by atoms with van der Waals surface area (Å²) >= 11 is 0. The van der Waals surface area contributed by atoms with E-state index < -0.39 is 11.7 Å². The molecule has 0 aliphatic rings. The first kappa shape index (κ1) is 12.0. The third-order valence-electron chi connectivity index (χ3n) is 2.12. The van der Waals surface area contributed by atoms with Crippen LogP contribution in [0, 0.1) is 6.61 Å². The van der Waals surface area contributed by atoms with Gasteiger partial charge in [0.25, 0.3) is 0 Å². The molecule has 1 aromatic carbocycles. The van der Waals surface area contributed by atoms with E-state index in [0.717, 1.165) is 12.1 Å². The molecule has 0 atom stereocenters. The summed E-state index contributed by atoms with van der Waals surface area (Å²) in [5.74, 6) is -0.00833. The highest BCUT2D eigenvalue weighted by molar-refractivity contribution is 5.35. The standard InChI is InChI=1S/C11H12F3O/c1-7(2)9-3-8(6-15)4-10(5-9)11(12,13)14/h3-7,15H,1-2H3. The second-order valence-corrected chi connectivity index (χ2v) is 3.67. The molecule has 0 bridgehead atoms. The average Bonchev–Trinajstić information content (AvgIpc) is 2.15. The maximum Gasteiger partial charge on any atom is 0.416 e. The van der Waals surface area contributed by atoms with E-state index in [-0.39, 0.29) is 11.5 Å². The van der Waals surface area contributed by atoms with E-state index >= 15 is 0 Å². The minimum atomic E-state index is -4.37. The van der Waals surface area contributed by atoms with Gasteiger partial charge in [0.2, 0.25) is 0 Å². The zero-order valence-corrected chi connectivity index (χ0v) is 8.47. The van der Waals surface area contributed by atoms with Gasteiger partial charge in [0, 0.05) is 0 Å². The van der Waals surface area contributed by atoms with Crippen molar-refractivity contribution in [2.24, 2.45) is 0 Å². The van der Waals surface area contributed by atoms with Crippen molar-refractivity contribution in [3.8, 4) is 0 Å². The van der Waals surface area contributed by atoms with Crippen molar-refractivity contribution in [1.29, 1.82) is 0 Å². The Morgan fingerprint density at radius 3 is 2.20 bits per heavy atom. The van der Waals surface area contributed by atoms with E-state index in [4.69, 9.17) is 5.11 Å². The average molecular weight is 217 g/mol. The summed E-state index contributed by atoms with van der Waals surface area (Å²) < 4.78 is 37.4. The number of hydrogen-bond acceptors (Lipinski definition) is 1. The third-order valence-corrected chi connectivity index (χ3v) is 2.12. The van der Waals surface area contributed by atoms with Gasteiger partial charge in [0.05, 0.1) is 5.56 Å². The Morgan fingerprint density at radius 2 is 1.80 bits per heavy atom. The molecule has 1 radical (unpaired) electrons. The van der Waals surface area contributed by atoms with Crippen LogP contribution in [-0.2, 0) is 6.18 Å². The summed E-state index contributed by atoms with van der Waals surface area (Å²) in [4.78, 5) is 0. The van der Waals surface area contributed by atoms with E-state index in [2.05, 4.69) is 0 Å². The van der Waals surface area contributed by atoms with E-state index in [1.54, 1.807) is 19.9 Å². The lowest BCUT2D eigenvalue weighted by atomic mass is 9.98. The third kappa shape index (κ3) is 2.96. The van der Waals surface area contributed by atoms with Gasteiger partial charge in [-0.3, -0.25) is 0 Å². The minimum Gasteiger partial charge on any atom is -0.385 e. The molecule has 0 saturated heterocycles. The molecule has 83 valence electrons. The van der Waals surface area contributed by atoms with Gasteiger partial charge in [-0.05, 0) is 29.2 Å². The Balaban J connectivity index is 3.23. The number of benzene rings is 1. The van der Waals surface area contributed by atoms with Crippen LogP contribution >= 0.6 is 0 Å². The molecule has 1 nitrogen and oxygen atoms in total. The highest BCUT2D eigenvalue weighted by Crippen LogP contribution is 2.32. The smallest absolute Gasteiger partial charge is 0.385 e. The van der Waals surface area contributed by atoms with Gasteiger partial charge in [-0.2, -0.15) is 13.2 Å². The van der Waals surface area contributed by atoms with Gasteiger partial charge >= 0.3 is 6.18 Å². The van der Waals surface area contributed by atoms with Gasteiger partial charge in [-0.1, -0.05) is 19.9 Å². The fraction of sp³-hybridized carbons (Fsp3) is 0.364. The summed E-state index contributed by atoms with van der Waals surface area (Å²) in [5, 5.41) is 8.74. The van der Waals surface area contributed by atoms with Crippen molar-refractivity contribution in [2.45, 2.75) is 25.9 Å². The molecule has 15 heavy (non-hydrogen) atoms. The van der Waals surface area contributed by atoms with Crippen LogP contribution in [0.1, 0.15) is 36.5 Å². The molecule has 0 amide bonds. The van der Waals surface area contributed by atoms with Crippen molar-refractivity contribution in [3.05, 3.63) is 41.5 Å². The van der Waals surface area contributed by atoms with Crippen LogP contribution in [-0.4, -0.2) is 5.11 Å². The molecule has 0 spiro atoms. The second kappa shape index (κ2) is 4.23. The van der Waals surface area contributed by atoms with Gasteiger partial charge < -0.3 is 5.11 Å². The zero-order valence-electron chi connectivity index (χ0n) is 8.47. The molecule has 0 heterocycles. The van der Waals surface area contributed by atoms with Crippen LogP contribution in [0.5, 0.6) is 0 Å². The van der Waals surface area contributed by atoms with Crippen molar-refractivity contribution < 1.29 is 18.3 Å². The summed E-state index contributed by atoms with van der Waals surface area (Å²) in [7, 11) is 0. The molecule has 0 aliphatic carbocycles.